The second-order valence-electron chi connectivity index (χ2n) is 8.18. The molecule has 4 rings (SSSR count). The number of benzene rings is 2. The maximum absolute atomic E-state index is 13.3. The number of nitrogens with zero attached hydrogens (tertiary/aromatic N) is 2. The largest absolute Gasteiger partial charge is 0.408 e. The lowest BCUT2D eigenvalue weighted by Gasteiger charge is -2.31. The number of rotatable bonds is 6. The molecular weight excluding hydrogens is 459 g/mol. The highest BCUT2D eigenvalue weighted by atomic mass is 32.2. The number of nitrogens with one attached hydrogen (secondary N) is 1. The molecule has 3 aromatic rings. The second-order valence-corrected chi connectivity index (χ2v) is 11.0. The van der Waals surface area contributed by atoms with Gasteiger partial charge in [-0.1, -0.05) is 36.4 Å². The van der Waals surface area contributed by atoms with E-state index in [1.54, 1.807) is 28.2 Å². The zero-order valence-corrected chi connectivity index (χ0v) is 19.1. The van der Waals surface area contributed by atoms with Gasteiger partial charge in [-0.3, -0.25) is 4.90 Å². The van der Waals surface area contributed by atoms with E-state index in [-0.39, 0.29) is 5.56 Å². The quantitative estimate of drug-likeness (QED) is 0.546. The first-order valence-corrected chi connectivity index (χ1v) is 13.0. The summed E-state index contributed by atoms with van der Waals surface area (Å²) in [4.78, 5) is 7.06. The number of thiazole rings is 1. The standard InChI is InChI=1S/C22H24F3N3O2S2/c1-32(29,30)27-20(22(23,24)25)16-8-6-15(7-9-16)14-28-12-10-17(11-13-28)21-26-18-4-2-3-5-19(18)31-21/h2-9,17,20,27H,10-14H2,1H3/t20-/m0/s1. The monoisotopic (exact) mass is 483 g/mol. The normalized spacial score (nSPS) is 17.6. The van der Waals surface area contributed by atoms with Crippen molar-refractivity contribution in [3.63, 3.8) is 0 Å². The van der Waals surface area contributed by atoms with Gasteiger partial charge in [0.25, 0.3) is 0 Å². The number of para-hydroxylation sites is 1. The second kappa shape index (κ2) is 9.09. The van der Waals surface area contributed by atoms with E-state index in [1.165, 1.54) is 21.8 Å². The minimum atomic E-state index is -4.72. The molecule has 2 heterocycles. The number of fused-ring (bicyclic) bond motifs is 1. The Morgan fingerprint density at radius 2 is 1.78 bits per heavy atom. The van der Waals surface area contributed by atoms with Gasteiger partial charge in [0, 0.05) is 12.5 Å². The molecule has 5 nitrogen and oxygen atoms in total. The Balaban J connectivity index is 1.37. The molecule has 1 aromatic heterocycles. The number of piperidine rings is 1. The van der Waals surface area contributed by atoms with Crippen LogP contribution in [0.2, 0.25) is 0 Å². The number of hydrogen-bond donors (Lipinski definition) is 1. The van der Waals surface area contributed by atoms with Crippen LogP contribution in [0, 0.1) is 0 Å². The van der Waals surface area contributed by atoms with Crippen LogP contribution in [0.15, 0.2) is 48.5 Å². The first-order valence-electron chi connectivity index (χ1n) is 10.3. The number of sulfonamides is 1. The van der Waals surface area contributed by atoms with Crippen molar-refractivity contribution in [1.82, 2.24) is 14.6 Å². The zero-order valence-electron chi connectivity index (χ0n) is 17.5. The summed E-state index contributed by atoms with van der Waals surface area (Å²) < 4.78 is 65.5. The van der Waals surface area contributed by atoms with Crippen LogP contribution < -0.4 is 4.72 Å². The third-order valence-corrected chi connectivity index (χ3v) is 7.49. The highest BCUT2D eigenvalue weighted by Gasteiger charge is 2.42. The number of alkyl halides is 3. The van der Waals surface area contributed by atoms with Crippen molar-refractivity contribution < 1.29 is 21.6 Å². The highest BCUT2D eigenvalue weighted by molar-refractivity contribution is 7.88. The Morgan fingerprint density at radius 3 is 2.38 bits per heavy atom. The van der Waals surface area contributed by atoms with Crippen LogP contribution in [0.4, 0.5) is 13.2 Å². The lowest BCUT2D eigenvalue weighted by atomic mass is 9.97. The fraction of sp³-hybridized carbons (Fsp3) is 0.409. The smallest absolute Gasteiger partial charge is 0.299 e. The van der Waals surface area contributed by atoms with Gasteiger partial charge in [-0.05, 0) is 49.2 Å². The predicted molar refractivity (Wildman–Crippen MR) is 120 cm³/mol. The van der Waals surface area contributed by atoms with Crippen molar-refractivity contribution >= 4 is 31.6 Å². The van der Waals surface area contributed by atoms with Gasteiger partial charge in [-0.25, -0.2) is 13.4 Å². The average molecular weight is 484 g/mol. The molecule has 0 spiro atoms. The Hall–Kier alpha value is -2.01. The molecule has 0 saturated carbocycles. The van der Waals surface area contributed by atoms with Crippen LogP contribution in [0.3, 0.4) is 0 Å². The van der Waals surface area contributed by atoms with Gasteiger partial charge in [0.2, 0.25) is 10.0 Å². The van der Waals surface area contributed by atoms with Crippen molar-refractivity contribution in [2.24, 2.45) is 0 Å². The van der Waals surface area contributed by atoms with Crippen molar-refractivity contribution in [1.29, 1.82) is 0 Å². The third kappa shape index (κ3) is 5.67. The molecule has 2 aromatic carbocycles. The molecule has 172 valence electrons. The van der Waals surface area contributed by atoms with Crippen LogP contribution in [0.25, 0.3) is 10.2 Å². The number of halogens is 3. The molecule has 1 fully saturated rings. The van der Waals surface area contributed by atoms with Crippen LogP contribution >= 0.6 is 11.3 Å². The van der Waals surface area contributed by atoms with E-state index in [4.69, 9.17) is 4.98 Å². The lowest BCUT2D eigenvalue weighted by molar-refractivity contribution is -0.153. The van der Waals surface area contributed by atoms with Gasteiger partial charge in [-0.2, -0.15) is 17.9 Å². The Bertz CT molecular complexity index is 1140. The van der Waals surface area contributed by atoms with Crippen LogP contribution in [-0.4, -0.2) is 43.8 Å². The Kier molecular flexibility index (Phi) is 6.58. The van der Waals surface area contributed by atoms with Gasteiger partial charge in [-0.15, -0.1) is 11.3 Å². The Labute approximate surface area is 189 Å². The molecule has 32 heavy (non-hydrogen) atoms. The first kappa shape index (κ1) is 23.2. The average Bonchev–Trinajstić information content (AvgIpc) is 3.16. The fourth-order valence-corrected chi connectivity index (χ4v) is 5.85. The van der Waals surface area contributed by atoms with Gasteiger partial charge in [0.1, 0.15) is 6.04 Å². The Morgan fingerprint density at radius 1 is 1.12 bits per heavy atom. The molecule has 0 amide bonds. The van der Waals surface area contributed by atoms with Crippen molar-refractivity contribution in [2.45, 2.75) is 37.5 Å². The van der Waals surface area contributed by atoms with E-state index in [9.17, 15) is 21.6 Å². The van der Waals surface area contributed by atoms with Crippen LogP contribution in [0.1, 0.15) is 40.9 Å². The van der Waals surface area contributed by atoms with Crippen LogP contribution in [0.5, 0.6) is 0 Å². The lowest BCUT2D eigenvalue weighted by Crippen LogP contribution is -2.37. The van der Waals surface area contributed by atoms with E-state index in [1.807, 2.05) is 18.2 Å². The zero-order chi connectivity index (χ0) is 22.9. The van der Waals surface area contributed by atoms with Gasteiger partial charge >= 0.3 is 6.18 Å². The summed E-state index contributed by atoms with van der Waals surface area (Å²) in [5.74, 6) is 0.431. The number of aromatic nitrogens is 1. The molecule has 0 radical (unpaired) electrons. The topological polar surface area (TPSA) is 62.3 Å². The van der Waals surface area contributed by atoms with Gasteiger partial charge in [0.05, 0.1) is 21.5 Å². The summed E-state index contributed by atoms with van der Waals surface area (Å²) in [5, 5.41) is 1.17. The molecule has 1 aliphatic rings. The maximum atomic E-state index is 13.3. The number of hydrogen-bond acceptors (Lipinski definition) is 5. The fourth-order valence-electron chi connectivity index (χ4n) is 4.01. The van der Waals surface area contributed by atoms with Crippen LogP contribution in [-0.2, 0) is 16.6 Å². The van der Waals surface area contributed by atoms with E-state index in [0.717, 1.165) is 43.3 Å². The van der Waals surface area contributed by atoms with E-state index in [0.29, 0.717) is 12.5 Å². The molecule has 1 N–H and O–H groups in total. The number of likely N-dealkylation sites (tertiary alicyclic amines) is 1. The van der Waals surface area contributed by atoms with Crippen molar-refractivity contribution in [3.05, 3.63) is 64.7 Å². The minimum Gasteiger partial charge on any atom is -0.299 e. The van der Waals surface area contributed by atoms with Crippen molar-refractivity contribution in [3.8, 4) is 0 Å². The summed E-state index contributed by atoms with van der Waals surface area (Å²) in [7, 11) is -4.01. The first-order chi connectivity index (χ1) is 15.1. The summed E-state index contributed by atoms with van der Waals surface area (Å²) in [6, 6.07) is 11.8. The summed E-state index contributed by atoms with van der Waals surface area (Å²) in [6.45, 7) is 2.43. The predicted octanol–water partition coefficient (Wildman–Crippen LogP) is 4.83. The van der Waals surface area contributed by atoms with E-state index < -0.39 is 22.2 Å². The molecule has 0 bridgehead atoms. The summed E-state index contributed by atoms with van der Waals surface area (Å²) in [5.41, 5.74) is 1.81. The van der Waals surface area contributed by atoms with E-state index in [2.05, 4.69) is 11.0 Å². The molecular formula is C22H24F3N3O2S2. The molecule has 1 saturated heterocycles. The minimum absolute atomic E-state index is 0.124. The summed E-state index contributed by atoms with van der Waals surface area (Å²) >= 11 is 1.75. The molecule has 10 heteroatoms. The molecule has 0 aliphatic carbocycles. The summed E-state index contributed by atoms with van der Waals surface area (Å²) in [6.07, 6.45) is -2.01. The molecule has 1 atom stereocenters. The SMILES string of the molecule is CS(=O)(=O)N[C@@H](c1ccc(CN2CCC(c3nc4ccccc4s3)CC2)cc1)C(F)(F)F. The van der Waals surface area contributed by atoms with Gasteiger partial charge < -0.3 is 0 Å². The molecule has 0 unspecified atom stereocenters. The third-order valence-electron chi connectivity index (χ3n) is 5.63. The van der Waals surface area contributed by atoms with E-state index >= 15 is 0 Å². The van der Waals surface area contributed by atoms with Crippen molar-refractivity contribution in [2.75, 3.05) is 19.3 Å². The highest BCUT2D eigenvalue weighted by Crippen LogP contribution is 2.35. The maximum Gasteiger partial charge on any atom is 0.408 e. The molecule has 1 aliphatic heterocycles. The van der Waals surface area contributed by atoms with Gasteiger partial charge in [0.15, 0.2) is 0 Å².